The lowest BCUT2D eigenvalue weighted by Gasteiger charge is -2.63. The van der Waals surface area contributed by atoms with Crippen LogP contribution >= 0.6 is 0 Å². The summed E-state index contributed by atoms with van der Waals surface area (Å²) in [5.74, 6) is 8.06. The van der Waals surface area contributed by atoms with Crippen molar-refractivity contribution in [3.8, 4) is 0 Å². The Labute approximate surface area is 183 Å². The molecule has 0 aliphatic heterocycles. The highest BCUT2D eigenvalue weighted by Gasteiger charge is 2.62. The van der Waals surface area contributed by atoms with Gasteiger partial charge in [-0.25, -0.2) is 0 Å². The molecule has 0 radical (unpaired) electrons. The van der Waals surface area contributed by atoms with Crippen molar-refractivity contribution in [2.45, 2.75) is 125 Å². The Balaban J connectivity index is 1.54. The molecule has 4 fully saturated rings. The van der Waals surface area contributed by atoms with Gasteiger partial charge in [0, 0.05) is 0 Å². The lowest BCUT2D eigenvalue weighted by molar-refractivity contribution is -0.146. The van der Waals surface area contributed by atoms with E-state index in [2.05, 4.69) is 41.5 Å². The fourth-order valence-electron chi connectivity index (χ4n) is 10.1. The Morgan fingerprint density at radius 2 is 1.66 bits per heavy atom. The molecular weight excluding hydrogens is 348 g/mol. The molecule has 2 unspecified atom stereocenters. The Hall–Kier alpha value is 0. The largest absolute Gasteiger partial charge is 0.0651 e. The summed E-state index contributed by atoms with van der Waals surface area (Å²) in [6, 6.07) is 0. The average molecular weight is 401 g/mol. The minimum Gasteiger partial charge on any atom is -0.0651 e. The molecule has 0 heterocycles. The van der Waals surface area contributed by atoms with Crippen molar-refractivity contribution >= 4 is 0 Å². The second kappa shape index (κ2) is 8.50. The first-order chi connectivity index (χ1) is 13.8. The number of fused-ring (bicyclic) bond motifs is 5. The lowest BCUT2D eigenvalue weighted by Crippen LogP contribution is -2.56. The van der Waals surface area contributed by atoms with Crippen molar-refractivity contribution in [1.82, 2.24) is 0 Å². The van der Waals surface area contributed by atoms with Gasteiger partial charge in [0.05, 0.1) is 0 Å². The molecule has 0 spiro atoms. The van der Waals surface area contributed by atoms with Gasteiger partial charge in [-0.15, -0.1) is 0 Å². The molecule has 0 aromatic heterocycles. The van der Waals surface area contributed by atoms with Crippen LogP contribution in [0.2, 0.25) is 0 Å². The Morgan fingerprint density at radius 1 is 0.862 bits per heavy atom. The summed E-state index contributed by atoms with van der Waals surface area (Å²) >= 11 is 0. The molecule has 168 valence electrons. The van der Waals surface area contributed by atoms with Gasteiger partial charge in [0.25, 0.3) is 0 Å². The minimum absolute atomic E-state index is 0.650. The standard InChI is InChI=1S/C29H52/c1-7-22-19-29(6)25(21(4)12-10-11-20(2)3)16-17-26(29)24-15-14-23-13-8-9-18-28(23,5)27(22)24/h20-27H,7-19H2,1-6H3/t21-,22?,23?,24+,25-,26+,27+,28+,29-/m1/s1. The predicted molar refractivity (Wildman–Crippen MR) is 127 cm³/mol. The first-order valence-electron chi connectivity index (χ1n) is 13.8. The van der Waals surface area contributed by atoms with Crippen LogP contribution in [-0.2, 0) is 0 Å². The second-order valence-corrected chi connectivity index (χ2v) is 13.2. The fourth-order valence-corrected chi connectivity index (χ4v) is 10.1. The van der Waals surface area contributed by atoms with Crippen LogP contribution < -0.4 is 0 Å². The molecule has 4 rings (SSSR count). The molecule has 0 N–H and O–H groups in total. The van der Waals surface area contributed by atoms with E-state index in [1.165, 1.54) is 38.5 Å². The smallest absolute Gasteiger partial charge is 0.0261 e. The van der Waals surface area contributed by atoms with Crippen LogP contribution in [0.5, 0.6) is 0 Å². The maximum Gasteiger partial charge on any atom is -0.0261 e. The van der Waals surface area contributed by atoms with Crippen LogP contribution in [-0.4, -0.2) is 0 Å². The quantitative estimate of drug-likeness (QED) is 0.417. The summed E-state index contributed by atoms with van der Waals surface area (Å²) < 4.78 is 0. The van der Waals surface area contributed by atoms with Crippen LogP contribution in [0.1, 0.15) is 125 Å². The normalized spacial score (nSPS) is 48.1. The highest BCUT2D eigenvalue weighted by molar-refractivity contribution is 5.11. The average Bonchev–Trinajstić information content (AvgIpc) is 3.03. The van der Waals surface area contributed by atoms with Gasteiger partial charge in [-0.1, -0.05) is 80.1 Å². The second-order valence-electron chi connectivity index (χ2n) is 13.2. The van der Waals surface area contributed by atoms with E-state index in [9.17, 15) is 0 Å². The third-order valence-corrected chi connectivity index (χ3v) is 11.4. The topological polar surface area (TPSA) is 0 Å². The zero-order valence-corrected chi connectivity index (χ0v) is 20.8. The predicted octanol–water partition coefficient (Wildman–Crippen LogP) is 9.13. The van der Waals surface area contributed by atoms with E-state index in [-0.39, 0.29) is 0 Å². The van der Waals surface area contributed by atoms with E-state index in [0.717, 1.165) is 47.3 Å². The van der Waals surface area contributed by atoms with Crippen LogP contribution in [0, 0.1) is 58.2 Å². The van der Waals surface area contributed by atoms with Gasteiger partial charge in [-0.3, -0.25) is 0 Å². The molecule has 4 saturated carbocycles. The van der Waals surface area contributed by atoms with E-state index in [1.54, 1.807) is 44.9 Å². The van der Waals surface area contributed by atoms with E-state index < -0.39 is 0 Å². The summed E-state index contributed by atoms with van der Waals surface area (Å²) in [6.45, 7) is 15.5. The highest BCUT2D eigenvalue weighted by atomic mass is 14.7. The zero-order valence-electron chi connectivity index (χ0n) is 20.8. The molecule has 0 heteroatoms. The first-order valence-corrected chi connectivity index (χ1v) is 13.8. The van der Waals surface area contributed by atoms with Gasteiger partial charge in [-0.05, 0) is 103 Å². The highest BCUT2D eigenvalue weighted by Crippen LogP contribution is 2.70. The third kappa shape index (κ3) is 3.75. The number of hydrogen-bond acceptors (Lipinski definition) is 0. The van der Waals surface area contributed by atoms with Gasteiger partial charge in [-0.2, -0.15) is 0 Å². The monoisotopic (exact) mass is 400 g/mol. The van der Waals surface area contributed by atoms with Crippen molar-refractivity contribution in [2.75, 3.05) is 0 Å². The summed E-state index contributed by atoms with van der Waals surface area (Å²) in [5.41, 5.74) is 1.33. The lowest BCUT2D eigenvalue weighted by atomic mass is 9.41. The number of rotatable bonds is 6. The third-order valence-electron chi connectivity index (χ3n) is 11.4. The maximum absolute atomic E-state index is 2.78. The molecule has 4 aliphatic carbocycles. The van der Waals surface area contributed by atoms with Crippen molar-refractivity contribution in [3.05, 3.63) is 0 Å². The van der Waals surface area contributed by atoms with E-state index in [0.29, 0.717) is 10.8 Å². The maximum atomic E-state index is 2.78. The van der Waals surface area contributed by atoms with Crippen LogP contribution in [0.25, 0.3) is 0 Å². The van der Waals surface area contributed by atoms with Crippen molar-refractivity contribution in [2.24, 2.45) is 58.2 Å². The van der Waals surface area contributed by atoms with E-state index in [1.807, 2.05) is 0 Å². The van der Waals surface area contributed by atoms with Gasteiger partial charge < -0.3 is 0 Å². The molecule has 0 bridgehead atoms. The van der Waals surface area contributed by atoms with Crippen molar-refractivity contribution in [3.63, 3.8) is 0 Å². The van der Waals surface area contributed by atoms with Crippen molar-refractivity contribution < 1.29 is 0 Å². The molecule has 0 nitrogen and oxygen atoms in total. The molecular formula is C29H52. The van der Waals surface area contributed by atoms with E-state index >= 15 is 0 Å². The van der Waals surface area contributed by atoms with Gasteiger partial charge >= 0.3 is 0 Å². The summed E-state index contributed by atoms with van der Waals surface area (Å²) in [7, 11) is 0. The Morgan fingerprint density at radius 3 is 2.38 bits per heavy atom. The molecule has 29 heavy (non-hydrogen) atoms. The Bertz CT molecular complexity index is 548. The molecule has 0 saturated heterocycles. The minimum atomic E-state index is 0.650. The van der Waals surface area contributed by atoms with Crippen molar-refractivity contribution in [1.29, 1.82) is 0 Å². The van der Waals surface area contributed by atoms with Gasteiger partial charge in [0.1, 0.15) is 0 Å². The molecule has 0 aromatic rings. The van der Waals surface area contributed by atoms with Gasteiger partial charge in [0.15, 0.2) is 0 Å². The summed E-state index contributed by atoms with van der Waals surface area (Å²) in [5, 5.41) is 0. The summed E-state index contributed by atoms with van der Waals surface area (Å²) in [6.07, 6.45) is 19.8. The molecule has 4 aliphatic rings. The fraction of sp³-hybridized carbons (Fsp3) is 1.00. The first kappa shape index (κ1) is 22.2. The van der Waals surface area contributed by atoms with Gasteiger partial charge in [0.2, 0.25) is 0 Å². The molecule has 0 amide bonds. The van der Waals surface area contributed by atoms with Crippen LogP contribution in [0.4, 0.5) is 0 Å². The Kier molecular flexibility index (Phi) is 6.51. The van der Waals surface area contributed by atoms with Crippen LogP contribution in [0.15, 0.2) is 0 Å². The number of hydrogen-bond donors (Lipinski definition) is 0. The SMILES string of the molecule is CCC1C[C@]2(C)[C@@H]([C@H](C)CCCC(C)C)CC[C@H]2[C@@H]2CCC3CCCC[C@]3(C)[C@@H]12. The molecule has 9 atom stereocenters. The summed E-state index contributed by atoms with van der Waals surface area (Å²) in [4.78, 5) is 0. The molecule has 0 aromatic carbocycles. The van der Waals surface area contributed by atoms with E-state index in [4.69, 9.17) is 0 Å². The van der Waals surface area contributed by atoms with Crippen LogP contribution in [0.3, 0.4) is 0 Å². The zero-order chi connectivity index (χ0) is 20.8.